The van der Waals surface area contributed by atoms with Crippen molar-refractivity contribution < 1.29 is 9.21 Å². The molecular weight excluding hydrogens is 232 g/mol. The van der Waals surface area contributed by atoms with Crippen molar-refractivity contribution in [3.63, 3.8) is 0 Å². The summed E-state index contributed by atoms with van der Waals surface area (Å²) in [5.74, 6) is 1.77. The standard InChI is InChI=1S/C14H14O2S/c1-9-4-2-5-10-8-11(16-14(9)10)13(15)12-6-3-7-17-12/h2,4-5,8,12H,3,6-7H2,1H3. The molecule has 0 spiro atoms. The monoisotopic (exact) mass is 246 g/mol. The van der Waals surface area contributed by atoms with Gasteiger partial charge < -0.3 is 4.42 Å². The van der Waals surface area contributed by atoms with Crippen LogP contribution in [-0.4, -0.2) is 16.8 Å². The summed E-state index contributed by atoms with van der Waals surface area (Å²) in [5, 5.41) is 1.13. The smallest absolute Gasteiger partial charge is 0.210 e. The van der Waals surface area contributed by atoms with Gasteiger partial charge in [-0.1, -0.05) is 18.2 Å². The van der Waals surface area contributed by atoms with Crippen LogP contribution in [0.4, 0.5) is 0 Å². The molecule has 0 radical (unpaired) electrons. The van der Waals surface area contributed by atoms with Gasteiger partial charge in [-0.25, -0.2) is 0 Å². The minimum atomic E-state index is 0.107. The van der Waals surface area contributed by atoms with E-state index in [1.807, 2.05) is 31.2 Å². The number of rotatable bonds is 2. The summed E-state index contributed by atoms with van der Waals surface area (Å²) < 4.78 is 5.71. The van der Waals surface area contributed by atoms with Crippen LogP contribution in [0.3, 0.4) is 0 Å². The van der Waals surface area contributed by atoms with Crippen LogP contribution in [-0.2, 0) is 0 Å². The summed E-state index contributed by atoms with van der Waals surface area (Å²) in [6.45, 7) is 2.00. The van der Waals surface area contributed by atoms with Crippen molar-refractivity contribution in [3.05, 3.63) is 35.6 Å². The molecule has 1 saturated heterocycles. The molecule has 88 valence electrons. The quantitative estimate of drug-likeness (QED) is 0.755. The Morgan fingerprint density at radius 1 is 1.47 bits per heavy atom. The van der Waals surface area contributed by atoms with Crippen LogP contribution >= 0.6 is 11.8 Å². The zero-order valence-electron chi connectivity index (χ0n) is 9.73. The van der Waals surface area contributed by atoms with E-state index in [4.69, 9.17) is 4.42 Å². The summed E-state index contributed by atoms with van der Waals surface area (Å²) in [7, 11) is 0. The average Bonchev–Trinajstić information content (AvgIpc) is 2.98. The van der Waals surface area contributed by atoms with Crippen LogP contribution in [0.5, 0.6) is 0 Å². The molecule has 17 heavy (non-hydrogen) atoms. The highest BCUT2D eigenvalue weighted by Crippen LogP contribution is 2.31. The van der Waals surface area contributed by atoms with E-state index in [9.17, 15) is 4.79 Å². The lowest BCUT2D eigenvalue weighted by Crippen LogP contribution is -2.12. The lowest BCUT2D eigenvalue weighted by molar-refractivity contribution is 0.0964. The molecule has 2 heterocycles. The number of carbonyl (C=O) groups is 1. The lowest BCUT2D eigenvalue weighted by atomic mass is 10.1. The van der Waals surface area contributed by atoms with E-state index in [0.29, 0.717) is 5.76 Å². The van der Waals surface area contributed by atoms with E-state index in [2.05, 4.69) is 0 Å². The molecule has 1 aromatic heterocycles. The van der Waals surface area contributed by atoms with Gasteiger partial charge in [-0.2, -0.15) is 11.8 Å². The fourth-order valence-electron chi connectivity index (χ4n) is 2.27. The minimum Gasteiger partial charge on any atom is -0.453 e. The van der Waals surface area contributed by atoms with Crippen LogP contribution < -0.4 is 0 Å². The van der Waals surface area contributed by atoms with Crippen LogP contribution in [0.2, 0.25) is 0 Å². The molecule has 1 aliphatic heterocycles. The Morgan fingerprint density at radius 3 is 3.06 bits per heavy atom. The van der Waals surface area contributed by atoms with Crippen molar-refractivity contribution in [2.75, 3.05) is 5.75 Å². The average molecular weight is 246 g/mol. The molecule has 0 amide bonds. The third kappa shape index (κ3) is 1.89. The summed E-state index contributed by atoms with van der Waals surface area (Å²) >= 11 is 1.75. The number of ketones is 1. The molecular formula is C14H14O2S. The molecule has 1 unspecified atom stereocenters. The number of furan rings is 1. The number of hydrogen-bond donors (Lipinski definition) is 0. The third-order valence-electron chi connectivity index (χ3n) is 3.21. The summed E-state index contributed by atoms with van der Waals surface area (Å²) in [6, 6.07) is 7.87. The maximum Gasteiger partial charge on any atom is 0.210 e. The van der Waals surface area contributed by atoms with Gasteiger partial charge in [-0.05, 0) is 37.1 Å². The van der Waals surface area contributed by atoms with Crippen molar-refractivity contribution in [3.8, 4) is 0 Å². The predicted octanol–water partition coefficient (Wildman–Crippen LogP) is 3.82. The van der Waals surface area contributed by atoms with Crippen molar-refractivity contribution >= 4 is 28.5 Å². The van der Waals surface area contributed by atoms with Crippen molar-refractivity contribution in [1.29, 1.82) is 0 Å². The van der Waals surface area contributed by atoms with Gasteiger partial charge in [0, 0.05) is 5.39 Å². The Hall–Kier alpha value is -1.22. The topological polar surface area (TPSA) is 30.2 Å². The van der Waals surface area contributed by atoms with E-state index in [0.717, 1.165) is 35.1 Å². The van der Waals surface area contributed by atoms with Crippen LogP contribution in [0.15, 0.2) is 28.7 Å². The number of aryl methyl sites for hydroxylation is 1. The van der Waals surface area contributed by atoms with Crippen LogP contribution in [0.1, 0.15) is 29.0 Å². The first-order valence-corrected chi connectivity index (χ1v) is 6.95. The maximum absolute atomic E-state index is 12.2. The van der Waals surface area contributed by atoms with Gasteiger partial charge >= 0.3 is 0 Å². The molecule has 1 atom stereocenters. The predicted molar refractivity (Wildman–Crippen MR) is 70.8 cm³/mol. The number of thioether (sulfide) groups is 1. The first-order chi connectivity index (χ1) is 8.25. The maximum atomic E-state index is 12.2. The van der Waals surface area contributed by atoms with Crippen LogP contribution in [0, 0.1) is 6.92 Å². The Labute approximate surface area is 104 Å². The Bertz CT molecular complexity index is 565. The first-order valence-electron chi connectivity index (χ1n) is 5.91. The number of hydrogen-bond acceptors (Lipinski definition) is 3. The highest BCUT2D eigenvalue weighted by molar-refractivity contribution is 8.00. The Balaban J connectivity index is 2.00. The lowest BCUT2D eigenvalue weighted by Gasteiger charge is -2.03. The second-order valence-corrected chi connectivity index (χ2v) is 5.78. The minimum absolute atomic E-state index is 0.107. The number of benzene rings is 1. The van der Waals surface area contributed by atoms with E-state index < -0.39 is 0 Å². The van der Waals surface area contributed by atoms with Gasteiger partial charge in [0.25, 0.3) is 0 Å². The van der Waals surface area contributed by atoms with Gasteiger partial charge in [0.05, 0.1) is 5.25 Å². The van der Waals surface area contributed by atoms with E-state index in [-0.39, 0.29) is 11.0 Å². The van der Waals surface area contributed by atoms with Gasteiger partial charge in [-0.15, -0.1) is 0 Å². The third-order valence-corrected chi connectivity index (χ3v) is 4.58. The molecule has 3 heteroatoms. The molecule has 1 aromatic carbocycles. The number of carbonyl (C=O) groups excluding carboxylic acids is 1. The summed E-state index contributed by atoms with van der Waals surface area (Å²) in [5.41, 5.74) is 1.93. The normalized spacial score (nSPS) is 19.9. The molecule has 1 aliphatic rings. The van der Waals surface area contributed by atoms with Crippen molar-refractivity contribution in [1.82, 2.24) is 0 Å². The fourth-order valence-corrected chi connectivity index (χ4v) is 3.49. The molecule has 2 aromatic rings. The highest BCUT2D eigenvalue weighted by atomic mass is 32.2. The van der Waals surface area contributed by atoms with Crippen molar-refractivity contribution in [2.45, 2.75) is 25.0 Å². The summed E-state index contributed by atoms with van der Waals surface area (Å²) in [6.07, 6.45) is 2.12. The molecule has 0 aliphatic carbocycles. The zero-order chi connectivity index (χ0) is 11.8. The van der Waals surface area contributed by atoms with Crippen molar-refractivity contribution in [2.24, 2.45) is 0 Å². The van der Waals surface area contributed by atoms with E-state index in [1.54, 1.807) is 11.8 Å². The summed E-state index contributed by atoms with van der Waals surface area (Å²) in [4.78, 5) is 12.2. The zero-order valence-corrected chi connectivity index (χ0v) is 10.5. The number of para-hydroxylation sites is 1. The van der Waals surface area contributed by atoms with E-state index in [1.165, 1.54) is 0 Å². The highest BCUT2D eigenvalue weighted by Gasteiger charge is 2.27. The van der Waals surface area contributed by atoms with Gasteiger partial charge in [0.1, 0.15) is 5.58 Å². The van der Waals surface area contributed by atoms with Gasteiger partial charge in [0.2, 0.25) is 5.78 Å². The number of fused-ring (bicyclic) bond motifs is 1. The van der Waals surface area contributed by atoms with E-state index >= 15 is 0 Å². The first kappa shape index (κ1) is 10.9. The molecule has 0 N–H and O–H groups in total. The van der Waals surface area contributed by atoms with Gasteiger partial charge in [-0.3, -0.25) is 4.79 Å². The second kappa shape index (κ2) is 4.22. The molecule has 1 fully saturated rings. The van der Waals surface area contributed by atoms with Gasteiger partial charge in [0.15, 0.2) is 5.76 Å². The SMILES string of the molecule is Cc1cccc2cc(C(=O)C3CCCS3)oc12. The number of Topliss-reactive ketones (excluding diaryl/α,β-unsaturated/α-hetero) is 1. The fraction of sp³-hybridized carbons (Fsp3) is 0.357. The second-order valence-electron chi connectivity index (χ2n) is 4.47. The Morgan fingerprint density at radius 2 is 2.35 bits per heavy atom. The Kier molecular flexibility index (Phi) is 2.71. The molecule has 0 saturated carbocycles. The largest absolute Gasteiger partial charge is 0.453 e. The molecule has 3 rings (SSSR count). The molecule has 2 nitrogen and oxygen atoms in total. The molecule has 0 bridgehead atoms. The van der Waals surface area contributed by atoms with Crippen LogP contribution in [0.25, 0.3) is 11.0 Å².